The molecule has 1 aliphatic heterocycles. The van der Waals surface area contributed by atoms with Gasteiger partial charge < -0.3 is 11.1 Å². The molecule has 1 atom stereocenters. The molecule has 0 aromatic rings. The summed E-state index contributed by atoms with van der Waals surface area (Å²) in [5.41, 5.74) is 5.04. The van der Waals surface area contributed by atoms with Crippen LogP contribution < -0.4 is 11.1 Å². The van der Waals surface area contributed by atoms with E-state index in [1.54, 1.807) is 0 Å². The van der Waals surface area contributed by atoms with E-state index >= 15 is 0 Å². The number of carbonyl (C=O) groups is 1. The molecule has 1 saturated heterocycles. The highest BCUT2D eigenvalue weighted by molar-refractivity contribution is 7.92. The molecule has 1 amide bonds. The van der Waals surface area contributed by atoms with Gasteiger partial charge in [0, 0.05) is 12.0 Å². The Bertz CT molecular complexity index is 443. The molecule has 1 aliphatic rings. The van der Waals surface area contributed by atoms with Crippen molar-refractivity contribution in [2.75, 3.05) is 12.3 Å². The van der Waals surface area contributed by atoms with Gasteiger partial charge in [-0.25, -0.2) is 8.42 Å². The summed E-state index contributed by atoms with van der Waals surface area (Å²) in [5, 5.41) is 1.74. The summed E-state index contributed by atoms with van der Waals surface area (Å²) in [6.07, 6.45) is 1.82. The summed E-state index contributed by atoms with van der Waals surface area (Å²) in [4.78, 5) is 12.2. The van der Waals surface area contributed by atoms with Gasteiger partial charge in [-0.1, -0.05) is 32.5 Å². The maximum absolute atomic E-state index is 11.9. The molecule has 1 fully saturated rings. The Morgan fingerprint density at radius 2 is 2.06 bits per heavy atom. The highest BCUT2D eigenvalue weighted by Crippen LogP contribution is 2.20. The Balaban J connectivity index is 2.64. The molecule has 7 heteroatoms. The molecule has 0 aromatic carbocycles. The number of hydrogen-bond donors (Lipinski definition) is 2. The van der Waals surface area contributed by atoms with Crippen molar-refractivity contribution in [1.29, 1.82) is 0 Å². The first-order chi connectivity index (χ1) is 8.17. The molecule has 104 valence electrons. The lowest BCUT2D eigenvalue weighted by molar-refractivity contribution is -0.121. The monoisotopic (exact) mass is 292 g/mol. The Morgan fingerprint density at radius 3 is 2.56 bits per heavy atom. The minimum absolute atomic E-state index is 0.101. The second-order valence-electron chi connectivity index (χ2n) is 5.32. The van der Waals surface area contributed by atoms with Crippen molar-refractivity contribution in [2.24, 2.45) is 11.1 Å². The minimum Gasteiger partial charge on any atom is -0.393 e. The van der Waals surface area contributed by atoms with Crippen LogP contribution in [0.25, 0.3) is 0 Å². The van der Waals surface area contributed by atoms with E-state index in [1.807, 2.05) is 13.8 Å². The molecule has 1 heterocycles. The molecule has 0 saturated carbocycles. The van der Waals surface area contributed by atoms with Crippen LogP contribution in [0, 0.1) is 5.41 Å². The van der Waals surface area contributed by atoms with Crippen LogP contribution in [0.2, 0.25) is 0 Å². The molecular weight excluding hydrogens is 272 g/mol. The van der Waals surface area contributed by atoms with Crippen molar-refractivity contribution in [3.63, 3.8) is 0 Å². The maximum atomic E-state index is 11.9. The first-order valence-corrected chi connectivity index (χ1v) is 8.08. The van der Waals surface area contributed by atoms with E-state index in [-0.39, 0.29) is 12.3 Å². The van der Waals surface area contributed by atoms with Crippen LogP contribution >= 0.6 is 12.2 Å². The second-order valence-corrected chi connectivity index (χ2v) is 8.06. The van der Waals surface area contributed by atoms with Gasteiger partial charge in [0.1, 0.15) is 5.25 Å². The van der Waals surface area contributed by atoms with Crippen LogP contribution in [0.1, 0.15) is 33.1 Å². The van der Waals surface area contributed by atoms with E-state index in [9.17, 15) is 13.2 Å². The molecule has 5 nitrogen and oxygen atoms in total. The average molecular weight is 292 g/mol. The summed E-state index contributed by atoms with van der Waals surface area (Å²) in [5.74, 6) is -0.330. The summed E-state index contributed by atoms with van der Waals surface area (Å²) < 4.78 is 23.5. The van der Waals surface area contributed by atoms with Crippen LogP contribution in [0.5, 0.6) is 0 Å². The van der Waals surface area contributed by atoms with Gasteiger partial charge in [0.2, 0.25) is 5.91 Å². The molecule has 0 bridgehead atoms. The van der Waals surface area contributed by atoms with Gasteiger partial charge in [-0.2, -0.15) is 0 Å². The third-order valence-corrected chi connectivity index (χ3v) is 5.97. The molecular formula is C11H20N2O3S2. The lowest BCUT2D eigenvalue weighted by Crippen LogP contribution is -2.47. The van der Waals surface area contributed by atoms with Crippen LogP contribution in [-0.4, -0.2) is 36.9 Å². The number of hydrogen-bond acceptors (Lipinski definition) is 4. The maximum Gasteiger partial charge on any atom is 0.238 e. The third kappa shape index (κ3) is 3.65. The zero-order valence-corrected chi connectivity index (χ0v) is 12.4. The molecule has 1 rings (SSSR count). The van der Waals surface area contributed by atoms with Crippen LogP contribution in [0.15, 0.2) is 0 Å². The van der Waals surface area contributed by atoms with Crippen LogP contribution in [0.3, 0.4) is 0 Å². The highest BCUT2D eigenvalue weighted by atomic mass is 32.2. The zero-order chi connectivity index (χ0) is 14.0. The number of amides is 1. The fourth-order valence-corrected chi connectivity index (χ4v) is 3.66. The van der Waals surface area contributed by atoms with Crippen molar-refractivity contribution in [3.8, 4) is 0 Å². The number of carbonyl (C=O) groups excluding carboxylic acids is 1. The van der Waals surface area contributed by atoms with Gasteiger partial charge in [-0.15, -0.1) is 0 Å². The molecule has 18 heavy (non-hydrogen) atoms. The predicted octanol–water partition coefficient (Wildman–Crippen LogP) is 0.382. The minimum atomic E-state index is -3.29. The van der Waals surface area contributed by atoms with Gasteiger partial charge in [0.15, 0.2) is 9.84 Å². The number of thiocarbonyl (C=S) groups is 1. The zero-order valence-electron chi connectivity index (χ0n) is 10.7. The Kier molecular flexibility index (Phi) is 4.72. The molecule has 3 N–H and O–H groups in total. The van der Waals surface area contributed by atoms with E-state index in [4.69, 9.17) is 18.0 Å². The van der Waals surface area contributed by atoms with E-state index < -0.39 is 26.4 Å². The van der Waals surface area contributed by atoms with Crippen molar-refractivity contribution in [3.05, 3.63) is 0 Å². The topological polar surface area (TPSA) is 89.3 Å². The molecule has 0 radical (unpaired) electrons. The lowest BCUT2D eigenvalue weighted by Gasteiger charge is -2.26. The smallest absolute Gasteiger partial charge is 0.238 e. The van der Waals surface area contributed by atoms with E-state index in [0.29, 0.717) is 17.8 Å². The lowest BCUT2D eigenvalue weighted by atomic mass is 9.93. The van der Waals surface area contributed by atoms with E-state index in [2.05, 4.69) is 5.32 Å². The van der Waals surface area contributed by atoms with Gasteiger partial charge in [-0.05, 0) is 12.8 Å². The molecule has 1 unspecified atom stereocenters. The second kappa shape index (κ2) is 5.52. The fraction of sp³-hybridized carbons (Fsp3) is 0.818. The Hall–Kier alpha value is -0.690. The SMILES string of the molecule is CC(C)(CNC(=O)C1CCCCS1(=O)=O)C(N)=S. The highest BCUT2D eigenvalue weighted by Gasteiger charge is 2.35. The first-order valence-electron chi connectivity index (χ1n) is 5.96. The van der Waals surface area contributed by atoms with Crippen LogP contribution in [0.4, 0.5) is 0 Å². The fourth-order valence-electron chi connectivity index (χ4n) is 1.76. The van der Waals surface area contributed by atoms with Crippen molar-refractivity contribution >= 4 is 33.0 Å². The predicted molar refractivity (Wildman–Crippen MR) is 75.0 cm³/mol. The number of sulfone groups is 1. The number of nitrogens with one attached hydrogen (secondary N) is 1. The van der Waals surface area contributed by atoms with E-state index in [1.165, 1.54) is 0 Å². The third-order valence-electron chi connectivity index (χ3n) is 3.24. The van der Waals surface area contributed by atoms with Crippen molar-refractivity contribution in [1.82, 2.24) is 5.32 Å². The number of rotatable bonds is 4. The average Bonchev–Trinajstić information content (AvgIpc) is 2.25. The van der Waals surface area contributed by atoms with Crippen molar-refractivity contribution in [2.45, 2.75) is 38.4 Å². The first kappa shape index (κ1) is 15.4. The Morgan fingerprint density at radius 1 is 1.44 bits per heavy atom. The largest absolute Gasteiger partial charge is 0.393 e. The molecule has 0 spiro atoms. The van der Waals surface area contributed by atoms with Gasteiger partial charge in [-0.3, -0.25) is 4.79 Å². The van der Waals surface area contributed by atoms with Crippen LogP contribution in [-0.2, 0) is 14.6 Å². The van der Waals surface area contributed by atoms with Gasteiger partial charge >= 0.3 is 0 Å². The quantitative estimate of drug-likeness (QED) is 0.731. The normalized spacial score (nSPS) is 23.3. The summed E-state index contributed by atoms with van der Waals surface area (Å²) in [6.45, 7) is 3.88. The van der Waals surface area contributed by atoms with Gasteiger partial charge in [0.25, 0.3) is 0 Å². The standard InChI is InChI=1S/C11H20N2O3S2/c1-11(2,10(12)17)7-13-9(14)8-5-3-4-6-18(8,15)16/h8H,3-7H2,1-2H3,(H2,12,17)(H,13,14). The molecule has 0 aliphatic carbocycles. The Labute approximate surface area is 113 Å². The molecule has 0 aromatic heterocycles. The number of nitrogens with two attached hydrogens (primary N) is 1. The van der Waals surface area contributed by atoms with Gasteiger partial charge in [0.05, 0.1) is 10.7 Å². The van der Waals surface area contributed by atoms with Crippen molar-refractivity contribution < 1.29 is 13.2 Å². The summed E-state index contributed by atoms with van der Waals surface area (Å²) >= 11 is 4.89. The van der Waals surface area contributed by atoms with E-state index in [0.717, 1.165) is 6.42 Å². The summed E-state index contributed by atoms with van der Waals surface area (Å²) in [7, 11) is -3.29. The summed E-state index contributed by atoms with van der Waals surface area (Å²) in [6, 6.07) is 0.